The molecule has 156 valence electrons. The van der Waals surface area contributed by atoms with Crippen LogP contribution in [0.1, 0.15) is 50.6 Å². The van der Waals surface area contributed by atoms with E-state index in [1.807, 2.05) is 47.1 Å². The Bertz CT molecular complexity index is 1140. The summed E-state index contributed by atoms with van der Waals surface area (Å²) in [5.74, 6) is 0.113. The molecule has 0 aliphatic carbocycles. The van der Waals surface area contributed by atoms with Crippen molar-refractivity contribution in [3.63, 3.8) is 0 Å². The van der Waals surface area contributed by atoms with Crippen LogP contribution in [0.2, 0.25) is 0 Å². The van der Waals surface area contributed by atoms with E-state index in [1.165, 1.54) is 11.1 Å². The standard InChI is InChI=1S/C27H26N2O2/c1-19-10-12-21(13-11-19)25(29-18-23-8-4-5-9-24(23)27(29)31)16-26(30)28-15-14-20-6-2-3-7-22(20)17-28/h2-13,25H,14-18H2,1H3. The fourth-order valence-corrected chi connectivity index (χ4v) is 4.73. The van der Waals surface area contributed by atoms with Crippen LogP contribution in [0.15, 0.2) is 72.8 Å². The largest absolute Gasteiger partial charge is 0.338 e. The molecule has 31 heavy (non-hydrogen) atoms. The summed E-state index contributed by atoms with van der Waals surface area (Å²) in [6, 6.07) is 24.0. The molecule has 0 saturated carbocycles. The SMILES string of the molecule is Cc1ccc(C(CC(=O)N2CCc3ccccc3C2)N2Cc3ccccc3C2=O)cc1. The van der Waals surface area contributed by atoms with Crippen molar-refractivity contribution in [1.82, 2.24) is 9.80 Å². The number of carbonyl (C=O) groups is 2. The lowest BCUT2D eigenvalue weighted by molar-refractivity contribution is -0.133. The van der Waals surface area contributed by atoms with Gasteiger partial charge in [-0.15, -0.1) is 0 Å². The summed E-state index contributed by atoms with van der Waals surface area (Å²) in [7, 11) is 0. The minimum Gasteiger partial charge on any atom is -0.338 e. The highest BCUT2D eigenvalue weighted by atomic mass is 16.2. The summed E-state index contributed by atoms with van der Waals surface area (Å²) < 4.78 is 0. The molecule has 4 heteroatoms. The number of rotatable bonds is 4. The third-order valence-electron chi connectivity index (χ3n) is 6.54. The van der Waals surface area contributed by atoms with E-state index in [2.05, 4.69) is 42.5 Å². The normalized spacial score (nSPS) is 16.1. The van der Waals surface area contributed by atoms with E-state index < -0.39 is 0 Å². The van der Waals surface area contributed by atoms with Crippen molar-refractivity contribution in [2.45, 2.75) is 38.9 Å². The van der Waals surface area contributed by atoms with E-state index in [1.54, 1.807) is 0 Å². The van der Waals surface area contributed by atoms with Gasteiger partial charge in [0, 0.05) is 25.2 Å². The van der Waals surface area contributed by atoms with Crippen LogP contribution in [-0.4, -0.2) is 28.2 Å². The zero-order valence-electron chi connectivity index (χ0n) is 17.8. The smallest absolute Gasteiger partial charge is 0.255 e. The van der Waals surface area contributed by atoms with Crippen LogP contribution >= 0.6 is 0 Å². The molecule has 0 fully saturated rings. The highest BCUT2D eigenvalue weighted by molar-refractivity contribution is 5.98. The molecule has 0 radical (unpaired) electrons. The van der Waals surface area contributed by atoms with Crippen LogP contribution in [0, 0.1) is 6.92 Å². The minimum atomic E-state index is -0.273. The first-order valence-electron chi connectivity index (χ1n) is 10.9. The molecule has 0 aromatic heterocycles. The molecular formula is C27H26N2O2. The lowest BCUT2D eigenvalue weighted by atomic mass is 9.97. The molecule has 3 aromatic rings. The lowest BCUT2D eigenvalue weighted by Crippen LogP contribution is -2.39. The van der Waals surface area contributed by atoms with E-state index >= 15 is 0 Å². The molecule has 3 aromatic carbocycles. The average molecular weight is 411 g/mol. The van der Waals surface area contributed by atoms with E-state index in [0.717, 1.165) is 35.2 Å². The summed E-state index contributed by atoms with van der Waals surface area (Å²) in [4.78, 5) is 30.4. The van der Waals surface area contributed by atoms with Crippen molar-refractivity contribution >= 4 is 11.8 Å². The van der Waals surface area contributed by atoms with Crippen LogP contribution in [0.5, 0.6) is 0 Å². The zero-order chi connectivity index (χ0) is 21.4. The second-order valence-electron chi connectivity index (χ2n) is 8.55. The van der Waals surface area contributed by atoms with Crippen LogP contribution < -0.4 is 0 Å². The molecule has 2 aliphatic rings. The highest BCUT2D eigenvalue weighted by Crippen LogP contribution is 2.34. The summed E-state index contributed by atoms with van der Waals surface area (Å²) in [6.07, 6.45) is 1.18. The van der Waals surface area contributed by atoms with Gasteiger partial charge in [-0.1, -0.05) is 72.3 Å². The predicted molar refractivity (Wildman–Crippen MR) is 120 cm³/mol. The average Bonchev–Trinajstić information content (AvgIpc) is 3.14. The predicted octanol–water partition coefficient (Wildman–Crippen LogP) is 4.67. The van der Waals surface area contributed by atoms with Crippen molar-refractivity contribution in [2.24, 2.45) is 0 Å². The van der Waals surface area contributed by atoms with Gasteiger partial charge < -0.3 is 9.80 Å². The third-order valence-corrected chi connectivity index (χ3v) is 6.54. The van der Waals surface area contributed by atoms with Crippen molar-refractivity contribution in [2.75, 3.05) is 6.54 Å². The zero-order valence-corrected chi connectivity index (χ0v) is 17.8. The number of benzene rings is 3. The molecule has 1 atom stereocenters. The number of nitrogens with zero attached hydrogens (tertiary/aromatic N) is 2. The molecule has 0 spiro atoms. The lowest BCUT2D eigenvalue weighted by Gasteiger charge is -2.33. The molecule has 0 N–H and O–H groups in total. The van der Waals surface area contributed by atoms with Gasteiger partial charge in [-0.2, -0.15) is 0 Å². The fraction of sp³-hybridized carbons (Fsp3) is 0.259. The maximum absolute atomic E-state index is 13.4. The summed E-state index contributed by atoms with van der Waals surface area (Å²) in [6.45, 7) is 3.96. The highest BCUT2D eigenvalue weighted by Gasteiger charge is 2.35. The summed E-state index contributed by atoms with van der Waals surface area (Å²) >= 11 is 0. The molecule has 5 rings (SSSR count). The monoisotopic (exact) mass is 410 g/mol. The Morgan fingerprint density at radius 1 is 0.871 bits per heavy atom. The number of hydrogen-bond acceptors (Lipinski definition) is 2. The molecule has 2 heterocycles. The Kier molecular flexibility index (Phi) is 5.06. The maximum Gasteiger partial charge on any atom is 0.255 e. The number of fused-ring (bicyclic) bond motifs is 2. The molecule has 0 saturated heterocycles. The van der Waals surface area contributed by atoms with Gasteiger partial charge in [-0.25, -0.2) is 0 Å². The Balaban J connectivity index is 1.41. The van der Waals surface area contributed by atoms with Gasteiger partial charge in [-0.3, -0.25) is 9.59 Å². The van der Waals surface area contributed by atoms with E-state index in [9.17, 15) is 9.59 Å². The fourth-order valence-electron chi connectivity index (χ4n) is 4.73. The minimum absolute atomic E-state index is 0.0120. The summed E-state index contributed by atoms with van der Waals surface area (Å²) in [5.41, 5.74) is 6.50. The number of aryl methyl sites for hydroxylation is 1. The van der Waals surface area contributed by atoms with E-state index in [-0.39, 0.29) is 17.9 Å². The second-order valence-corrected chi connectivity index (χ2v) is 8.55. The van der Waals surface area contributed by atoms with E-state index in [0.29, 0.717) is 19.5 Å². The van der Waals surface area contributed by atoms with E-state index in [4.69, 9.17) is 0 Å². The van der Waals surface area contributed by atoms with Gasteiger partial charge in [0.1, 0.15) is 0 Å². The maximum atomic E-state index is 13.4. The van der Waals surface area contributed by atoms with Gasteiger partial charge in [-0.05, 0) is 41.7 Å². The van der Waals surface area contributed by atoms with Crippen molar-refractivity contribution in [3.8, 4) is 0 Å². The number of carbonyl (C=O) groups excluding carboxylic acids is 2. The van der Waals surface area contributed by atoms with Crippen molar-refractivity contribution in [3.05, 3.63) is 106 Å². The Hall–Kier alpha value is -3.40. The number of hydrogen-bond donors (Lipinski definition) is 0. The van der Waals surface area contributed by atoms with Crippen LogP contribution in [0.4, 0.5) is 0 Å². The Morgan fingerprint density at radius 2 is 1.55 bits per heavy atom. The Labute approximate surface area is 183 Å². The quantitative estimate of drug-likeness (QED) is 0.627. The molecule has 2 amide bonds. The molecule has 1 unspecified atom stereocenters. The van der Waals surface area contributed by atoms with Gasteiger partial charge in [0.2, 0.25) is 5.91 Å². The molecular weight excluding hydrogens is 384 g/mol. The topological polar surface area (TPSA) is 40.6 Å². The number of amides is 2. The van der Waals surface area contributed by atoms with Gasteiger partial charge in [0.05, 0.1) is 12.5 Å². The first-order valence-corrected chi connectivity index (χ1v) is 10.9. The van der Waals surface area contributed by atoms with Crippen LogP contribution in [0.3, 0.4) is 0 Å². The van der Waals surface area contributed by atoms with Gasteiger partial charge in [0.25, 0.3) is 5.91 Å². The summed E-state index contributed by atoms with van der Waals surface area (Å²) in [5, 5.41) is 0. The van der Waals surface area contributed by atoms with Crippen molar-refractivity contribution < 1.29 is 9.59 Å². The van der Waals surface area contributed by atoms with Crippen molar-refractivity contribution in [1.29, 1.82) is 0 Å². The molecule has 0 bridgehead atoms. The molecule has 2 aliphatic heterocycles. The van der Waals surface area contributed by atoms with Crippen LogP contribution in [-0.2, 0) is 24.3 Å². The van der Waals surface area contributed by atoms with Gasteiger partial charge in [0.15, 0.2) is 0 Å². The van der Waals surface area contributed by atoms with Gasteiger partial charge >= 0.3 is 0 Å². The first kappa shape index (κ1) is 19.6. The Morgan fingerprint density at radius 3 is 2.29 bits per heavy atom. The first-order chi connectivity index (χ1) is 15.1. The third kappa shape index (κ3) is 3.74. The second kappa shape index (κ2) is 8.03. The van der Waals surface area contributed by atoms with Crippen LogP contribution in [0.25, 0.3) is 0 Å². The molecule has 4 nitrogen and oxygen atoms in total.